The first-order chi connectivity index (χ1) is 17.4. The number of aliphatic hydroxyl groups excluding tert-OH is 5. The van der Waals surface area contributed by atoms with Crippen molar-refractivity contribution < 1.29 is 53.6 Å². The van der Waals surface area contributed by atoms with Crippen LogP contribution in [-0.2, 0) is 9.47 Å². The van der Waals surface area contributed by atoms with Crippen LogP contribution < -0.4 is 14.2 Å². The Morgan fingerprint density at radius 1 is 1.00 bits per heavy atom. The molecular formula is C25H28O11. The number of hydrogen-bond acceptors (Lipinski definition) is 11. The molecule has 3 heterocycles. The zero-order chi connectivity index (χ0) is 25.4. The van der Waals surface area contributed by atoms with Crippen LogP contribution in [0.3, 0.4) is 0 Å². The summed E-state index contributed by atoms with van der Waals surface area (Å²) >= 11 is 0. The van der Waals surface area contributed by atoms with Gasteiger partial charge in [0, 0.05) is 17.4 Å². The van der Waals surface area contributed by atoms with Gasteiger partial charge in [0.05, 0.1) is 26.4 Å². The molecule has 3 aromatic rings. The lowest BCUT2D eigenvalue weighted by Gasteiger charge is -2.39. The summed E-state index contributed by atoms with van der Waals surface area (Å²) in [4.78, 5) is 0. The molecule has 0 saturated carbocycles. The maximum Gasteiger partial charge on any atom is 0.231 e. The normalized spacial score (nSPS) is 26.3. The summed E-state index contributed by atoms with van der Waals surface area (Å²) in [5, 5.41) is 50.7. The number of fused-ring (bicyclic) bond motifs is 2. The van der Waals surface area contributed by atoms with E-state index in [-0.39, 0.29) is 19.8 Å². The lowest BCUT2D eigenvalue weighted by molar-refractivity contribution is -0.301. The molecule has 0 bridgehead atoms. The Labute approximate surface area is 206 Å². The molecule has 2 aliphatic heterocycles. The predicted molar refractivity (Wildman–Crippen MR) is 124 cm³/mol. The highest BCUT2D eigenvalue weighted by Gasteiger charge is 2.44. The van der Waals surface area contributed by atoms with Crippen LogP contribution in [0.2, 0.25) is 0 Å². The molecule has 0 aliphatic carbocycles. The summed E-state index contributed by atoms with van der Waals surface area (Å²) in [7, 11) is 1.51. The molecule has 2 aromatic carbocycles. The van der Waals surface area contributed by atoms with Gasteiger partial charge in [-0.25, -0.2) is 0 Å². The number of benzene rings is 2. The third kappa shape index (κ3) is 4.62. The molecule has 1 fully saturated rings. The van der Waals surface area contributed by atoms with Gasteiger partial charge in [-0.1, -0.05) is 0 Å². The molecule has 1 aromatic heterocycles. The average Bonchev–Trinajstić information content (AvgIpc) is 3.54. The zero-order valence-electron chi connectivity index (χ0n) is 19.4. The fourth-order valence-electron chi connectivity index (χ4n) is 4.35. The van der Waals surface area contributed by atoms with Crippen molar-refractivity contribution in [3.05, 3.63) is 42.0 Å². The van der Waals surface area contributed by atoms with E-state index in [0.717, 1.165) is 10.9 Å². The smallest absolute Gasteiger partial charge is 0.231 e. The van der Waals surface area contributed by atoms with E-state index < -0.39 is 43.4 Å². The van der Waals surface area contributed by atoms with E-state index in [2.05, 4.69) is 0 Å². The first-order valence-electron chi connectivity index (χ1n) is 11.5. The van der Waals surface area contributed by atoms with E-state index in [4.69, 9.17) is 28.1 Å². The molecule has 11 heteroatoms. The van der Waals surface area contributed by atoms with Crippen LogP contribution in [0.1, 0.15) is 18.1 Å². The minimum atomic E-state index is -1.53. The van der Waals surface area contributed by atoms with Crippen molar-refractivity contribution in [1.29, 1.82) is 0 Å². The molecule has 36 heavy (non-hydrogen) atoms. The minimum Gasteiger partial charge on any atom is -0.493 e. The van der Waals surface area contributed by atoms with Crippen molar-refractivity contribution in [3.63, 3.8) is 0 Å². The van der Waals surface area contributed by atoms with Crippen LogP contribution in [0.25, 0.3) is 22.3 Å². The Morgan fingerprint density at radius 2 is 1.81 bits per heavy atom. The summed E-state index contributed by atoms with van der Waals surface area (Å²) in [5.41, 5.74) is 1.89. The first-order valence-corrected chi connectivity index (χ1v) is 11.5. The SMILES string of the molecule is COc1cc([C@H](O)CCO[C@H]2O[C@@H](CO)[C@@H](O)[C@@H](O)[C@H]2O)cc2cc(-c3ccc4c(c3)OCO4)oc12. The van der Waals surface area contributed by atoms with Gasteiger partial charge >= 0.3 is 0 Å². The van der Waals surface area contributed by atoms with Gasteiger partial charge in [0.2, 0.25) is 6.79 Å². The molecule has 0 unspecified atom stereocenters. The lowest BCUT2D eigenvalue weighted by Crippen LogP contribution is -2.59. The second kappa shape index (κ2) is 10.2. The van der Waals surface area contributed by atoms with Crippen molar-refractivity contribution in [2.24, 2.45) is 0 Å². The van der Waals surface area contributed by atoms with Gasteiger partial charge < -0.3 is 53.6 Å². The van der Waals surface area contributed by atoms with E-state index in [1.54, 1.807) is 12.1 Å². The van der Waals surface area contributed by atoms with Gasteiger partial charge in [0.15, 0.2) is 29.1 Å². The molecule has 0 spiro atoms. The maximum absolute atomic E-state index is 10.8. The second-order valence-corrected chi connectivity index (χ2v) is 8.69. The number of hydrogen-bond donors (Lipinski definition) is 5. The van der Waals surface area contributed by atoms with Gasteiger partial charge in [-0.05, 0) is 42.0 Å². The Morgan fingerprint density at radius 3 is 2.58 bits per heavy atom. The molecule has 6 atom stereocenters. The lowest BCUT2D eigenvalue weighted by atomic mass is 9.99. The Hall–Kier alpha value is -2.90. The Balaban J connectivity index is 1.29. The molecule has 2 aliphatic rings. The zero-order valence-corrected chi connectivity index (χ0v) is 19.4. The van der Waals surface area contributed by atoms with Crippen LogP contribution in [0.4, 0.5) is 0 Å². The summed E-state index contributed by atoms with van der Waals surface area (Å²) < 4.78 is 33.2. The number of methoxy groups -OCH3 is 1. The van der Waals surface area contributed by atoms with Gasteiger partial charge in [0.25, 0.3) is 0 Å². The average molecular weight is 504 g/mol. The highest BCUT2D eigenvalue weighted by molar-refractivity contribution is 5.88. The van der Waals surface area contributed by atoms with E-state index in [0.29, 0.717) is 34.2 Å². The third-order valence-corrected chi connectivity index (χ3v) is 6.39. The van der Waals surface area contributed by atoms with Crippen LogP contribution in [0.5, 0.6) is 17.2 Å². The van der Waals surface area contributed by atoms with Crippen molar-refractivity contribution in [1.82, 2.24) is 0 Å². The van der Waals surface area contributed by atoms with Gasteiger partial charge in [-0.2, -0.15) is 0 Å². The second-order valence-electron chi connectivity index (χ2n) is 8.69. The number of ether oxygens (including phenoxy) is 5. The molecule has 5 rings (SSSR count). The monoisotopic (exact) mass is 504 g/mol. The van der Waals surface area contributed by atoms with Crippen LogP contribution in [0, 0.1) is 0 Å². The number of rotatable bonds is 8. The summed E-state index contributed by atoms with van der Waals surface area (Å²) in [6, 6.07) is 10.8. The van der Waals surface area contributed by atoms with E-state index in [9.17, 15) is 25.5 Å². The molecule has 1 saturated heterocycles. The van der Waals surface area contributed by atoms with Crippen LogP contribution in [-0.4, -0.2) is 83.4 Å². The van der Waals surface area contributed by atoms with E-state index in [1.165, 1.54) is 7.11 Å². The highest BCUT2D eigenvalue weighted by atomic mass is 16.7. The Bertz CT molecular complexity index is 1210. The fourth-order valence-corrected chi connectivity index (χ4v) is 4.35. The quantitative estimate of drug-likeness (QED) is 0.299. The summed E-state index contributed by atoms with van der Waals surface area (Å²) in [6.07, 6.45) is -7.64. The van der Waals surface area contributed by atoms with Crippen molar-refractivity contribution in [2.75, 3.05) is 27.1 Å². The highest BCUT2D eigenvalue weighted by Crippen LogP contribution is 2.40. The third-order valence-electron chi connectivity index (χ3n) is 6.39. The van der Waals surface area contributed by atoms with Crippen LogP contribution in [0.15, 0.2) is 40.8 Å². The summed E-state index contributed by atoms with van der Waals surface area (Å²) in [6.45, 7) is -0.404. The number of aliphatic hydroxyl groups is 5. The molecule has 194 valence electrons. The molecule has 0 amide bonds. The van der Waals surface area contributed by atoms with E-state index in [1.807, 2.05) is 24.3 Å². The standard InChI is InChI=1S/C25H28O11/c1-31-19-8-13(15(27)4-5-32-25-23(30)22(29)21(28)20(10-26)36-25)6-14-9-17(35-24(14)19)12-2-3-16-18(7-12)34-11-33-16/h2-3,6-9,15,20-23,25-30H,4-5,10-11H2,1H3/t15-,20+,21-,22-,23-,25+/m1/s1. The molecule has 0 radical (unpaired) electrons. The fraction of sp³-hybridized carbons (Fsp3) is 0.440. The van der Waals surface area contributed by atoms with Gasteiger partial charge in [-0.3, -0.25) is 0 Å². The molecular weight excluding hydrogens is 476 g/mol. The first kappa shape index (κ1) is 24.8. The predicted octanol–water partition coefficient (Wildman–Crippen LogP) is 1.08. The van der Waals surface area contributed by atoms with Gasteiger partial charge in [0.1, 0.15) is 30.2 Å². The maximum atomic E-state index is 10.8. The Kier molecular flexibility index (Phi) is 7.04. The van der Waals surface area contributed by atoms with Crippen molar-refractivity contribution in [3.8, 4) is 28.6 Å². The molecule has 5 N–H and O–H groups in total. The molecule has 11 nitrogen and oxygen atoms in total. The topological polar surface area (TPSA) is 160 Å². The number of furan rings is 1. The van der Waals surface area contributed by atoms with E-state index >= 15 is 0 Å². The van der Waals surface area contributed by atoms with Crippen LogP contribution >= 0.6 is 0 Å². The largest absolute Gasteiger partial charge is 0.493 e. The van der Waals surface area contributed by atoms with Gasteiger partial charge in [-0.15, -0.1) is 0 Å². The minimum absolute atomic E-state index is 0.0297. The van der Waals surface area contributed by atoms with Crippen molar-refractivity contribution >= 4 is 11.0 Å². The summed E-state index contributed by atoms with van der Waals surface area (Å²) in [5.74, 6) is 2.35. The van der Waals surface area contributed by atoms with Crippen molar-refractivity contribution in [2.45, 2.75) is 43.2 Å².